The molecule has 2 heterocycles. The lowest BCUT2D eigenvalue weighted by molar-refractivity contribution is -0.145. The molecule has 0 bridgehead atoms. The molecule has 1 amide bonds. The van der Waals surface area contributed by atoms with Gasteiger partial charge in [-0.1, -0.05) is 12.8 Å². The van der Waals surface area contributed by atoms with Gasteiger partial charge in [-0.15, -0.1) is 0 Å². The zero-order chi connectivity index (χ0) is 26.0. The molecule has 4 fully saturated rings. The number of benzene rings is 1. The summed E-state index contributed by atoms with van der Waals surface area (Å²) in [6.07, 6.45) is 12.4. The molecule has 1 spiro atoms. The highest BCUT2D eigenvalue weighted by molar-refractivity contribution is 5.80. The van der Waals surface area contributed by atoms with E-state index in [0.29, 0.717) is 23.4 Å². The Bertz CT molecular complexity index is 978. The molecule has 2 saturated carbocycles. The maximum Gasteiger partial charge on any atom is 0.225 e. The van der Waals surface area contributed by atoms with Crippen LogP contribution in [0.3, 0.4) is 0 Å². The summed E-state index contributed by atoms with van der Waals surface area (Å²) in [5.41, 5.74) is 3.41. The van der Waals surface area contributed by atoms with Crippen molar-refractivity contribution < 1.29 is 4.79 Å². The zero-order valence-electron chi connectivity index (χ0n) is 23.3. The van der Waals surface area contributed by atoms with Crippen LogP contribution in [0.15, 0.2) is 18.2 Å². The van der Waals surface area contributed by atoms with Gasteiger partial charge in [0.15, 0.2) is 0 Å². The van der Waals surface area contributed by atoms with Gasteiger partial charge in [0, 0.05) is 43.3 Å². The third kappa shape index (κ3) is 5.99. The Morgan fingerprint density at radius 3 is 2.51 bits per heavy atom. The molecule has 2 aliphatic carbocycles. The smallest absolute Gasteiger partial charge is 0.225 e. The minimum absolute atomic E-state index is 0.277. The monoisotopic (exact) mass is 505 g/mol. The molecule has 0 aromatic heterocycles. The maximum atomic E-state index is 13.1. The van der Waals surface area contributed by atoms with Gasteiger partial charge in [0.25, 0.3) is 0 Å². The van der Waals surface area contributed by atoms with Crippen LogP contribution in [0.1, 0.15) is 75.3 Å². The number of nitrogens with one attached hydrogen (secondary N) is 1. The van der Waals surface area contributed by atoms with Crippen molar-refractivity contribution in [2.24, 2.45) is 17.3 Å². The molecule has 2 saturated heterocycles. The number of hydrogen-bond donors (Lipinski definition) is 1. The molecule has 202 valence electrons. The number of likely N-dealkylation sites (N-methyl/N-ethyl adjacent to an activating group) is 1. The summed E-state index contributed by atoms with van der Waals surface area (Å²) < 4.78 is 0. The Kier molecular flexibility index (Phi) is 8.12. The highest BCUT2D eigenvalue weighted by Crippen LogP contribution is 2.53. The second-order valence-electron chi connectivity index (χ2n) is 12.9. The van der Waals surface area contributed by atoms with Crippen LogP contribution in [0, 0.1) is 35.5 Å². The van der Waals surface area contributed by atoms with Crippen molar-refractivity contribution in [3.63, 3.8) is 0 Å². The van der Waals surface area contributed by atoms with Gasteiger partial charge in [-0.2, -0.15) is 5.26 Å². The van der Waals surface area contributed by atoms with Gasteiger partial charge in [-0.05, 0) is 121 Å². The molecule has 1 N–H and O–H groups in total. The van der Waals surface area contributed by atoms with Crippen LogP contribution in [-0.2, 0) is 4.79 Å². The number of nitriles is 1. The summed E-state index contributed by atoms with van der Waals surface area (Å²) in [7, 11) is 4.26. The number of likely N-dealkylation sites (tertiary alicyclic amines) is 2. The Morgan fingerprint density at radius 2 is 1.89 bits per heavy atom. The van der Waals surface area contributed by atoms with E-state index in [2.05, 4.69) is 52.3 Å². The fraction of sp³-hybridized carbons (Fsp3) is 0.742. The summed E-state index contributed by atoms with van der Waals surface area (Å²) >= 11 is 0. The molecule has 5 rings (SSSR count). The van der Waals surface area contributed by atoms with E-state index in [1.807, 2.05) is 13.0 Å². The van der Waals surface area contributed by atoms with E-state index in [1.54, 1.807) is 0 Å². The van der Waals surface area contributed by atoms with Crippen molar-refractivity contribution in [1.29, 1.82) is 5.26 Å². The summed E-state index contributed by atoms with van der Waals surface area (Å²) in [6, 6.07) is 9.49. The fourth-order valence-electron chi connectivity index (χ4n) is 7.64. The molecule has 37 heavy (non-hydrogen) atoms. The predicted octanol–water partition coefficient (Wildman–Crippen LogP) is 4.88. The number of aryl methyl sites for hydroxylation is 1. The topological polar surface area (TPSA) is 62.6 Å². The van der Waals surface area contributed by atoms with E-state index in [4.69, 9.17) is 0 Å². The van der Waals surface area contributed by atoms with Crippen molar-refractivity contribution >= 4 is 11.6 Å². The largest absolute Gasteiger partial charge is 0.382 e. The van der Waals surface area contributed by atoms with Crippen LogP contribution < -0.4 is 5.32 Å². The third-order valence-electron chi connectivity index (χ3n) is 10.3. The lowest BCUT2D eigenvalue weighted by Crippen LogP contribution is -2.52. The fourth-order valence-corrected chi connectivity index (χ4v) is 7.64. The number of amides is 1. The van der Waals surface area contributed by atoms with Crippen LogP contribution >= 0.6 is 0 Å². The summed E-state index contributed by atoms with van der Waals surface area (Å²) in [4.78, 5) is 20.2. The highest BCUT2D eigenvalue weighted by atomic mass is 16.2. The van der Waals surface area contributed by atoms with Crippen molar-refractivity contribution in [3.8, 4) is 6.07 Å². The normalized spacial score (nSPS) is 25.4. The van der Waals surface area contributed by atoms with Crippen molar-refractivity contribution in [2.75, 3.05) is 52.1 Å². The predicted molar refractivity (Wildman–Crippen MR) is 149 cm³/mol. The van der Waals surface area contributed by atoms with Gasteiger partial charge < -0.3 is 20.0 Å². The van der Waals surface area contributed by atoms with Crippen molar-refractivity contribution in [2.45, 2.75) is 83.2 Å². The van der Waals surface area contributed by atoms with Gasteiger partial charge >= 0.3 is 0 Å². The molecule has 2 aliphatic heterocycles. The first-order valence-corrected chi connectivity index (χ1v) is 14.8. The van der Waals surface area contributed by atoms with Crippen LogP contribution in [0.4, 0.5) is 5.69 Å². The van der Waals surface area contributed by atoms with E-state index < -0.39 is 0 Å². The first-order chi connectivity index (χ1) is 17.9. The van der Waals surface area contributed by atoms with Crippen LogP contribution in [0.2, 0.25) is 0 Å². The summed E-state index contributed by atoms with van der Waals surface area (Å²) in [5, 5.41) is 13.1. The molecule has 2 unspecified atom stereocenters. The molecule has 1 aromatic carbocycles. The summed E-state index contributed by atoms with van der Waals surface area (Å²) in [5.74, 6) is 1.46. The summed E-state index contributed by atoms with van der Waals surface area (Å²) in [6.45, 7) is 7.41. The minimum atomic E-state index is 0.277. The average Bonchev–Trinajstić information content (AvgIpc) is 3.58. The molecule has 6 nitrogen and oxygen atoms in total. The second kappa shape index (κ2) is 11.3. The van der Waals surface area contributed by atoms with Crippen LogP contribution in [-0.4, -0.2) is 79.5 Å². The van der Waals surface area contributed by atoms with E-state index in [1.165, 1.54) is 58.0 Å². The average molecular weight is 506 g/mol. The quantitative estimate of drug-likeness (QED) is 0.545. The number of piperidine rings is 1. The van der Waals surface area contributed by atoms with Gasteiger partial charge in [0.2, 0.25) is 5.91 Å². The Hall–Kier alpha value is -2.10. The molecule has 2 atom stereocenters. The number of carbonyl (C=O) groups is 1. The first kappa shape index (κ1) is 26.5. The van der Waals surface area contributed by atoms with E-state index in [0.717, 1.165) is 61.6 Å². The molecular formula is C31H47N5O. The number of anilines is 1. The van der Waals surface area contributed by atoms with Gasteiger partial charge in [-0.3, -0.25) is 4.79 Å². The Labute approximate surface area is 224 Å². The second-order valence-corrected chi connectivity index (χ2v) is 12.9. The maximum absolute atomic E-state index is 13.1. The lowest BCUT2D eigenvalue weighted by atomic mass is 9.57. The number of rotatable bonds is 8. The SMILES string of the molecule is Cc1cc(NC(CCN2CCC3(CC2)CC(C(=O)N2CCC(N(C)C)C2)C3)C2CCCC2)ccc1C#N. The lowest BCUT2D eigenvalue weighted by Gasteiger charge is -2.52. The van der Waals surface area contributed by atoms with Gasteiger partial charge in [0.1, 0.15) is 0 Å². The highest BCUT2D eigenvalue weighted by Gasteiger charge is 2.49. The molecule has 0 radical (unpaired) electrons. The molecule has 1 aromatic rings. The standard InChI is InChI=1S/C31H47N5O/c1-23-18-27(9-8-25(23)21-32)33-29(24-6-4-5-7-24)11-14-35-16-12-31(13-17-35)19-26(20-31)30(37)36-15-10-28(22-36)34(2)3/h8-9,18,24,26,28-29,33H,4-7,10-17,19-20,22H2,1-3H3. The first-order valence-electron chi connectivity index (χ1n) is 14.8. The van der Waals surface area contributed by atoms with Crippen LogP contribution in [0.5, 0.6) is 0 Å². The van der Waals surface area contributed by atoms with Crippen LogP contribution in [0.25, 0.3) is 0 Å². The van der Waals surface area contributed by atoms with E-state index in [-0.39, 0.29) is 5.92 Å². The van der Waals surface area contributed by atoms with Gasteiger partial charge in [-0.25, -0.2) is 0 Å². The molecule has 6 heteroatoms. The van der Waals surface area contributed by atoms with Crippen molar-refractivity contribution in [3.05, 3.63) is 29.3 Å². The number of carbonyl (C=O) groups excluding carboxylic acids is 1. The van der Waals surface area contributed by atoms with Gasteiger partial charge in [0.05, 0.1) is 11.6 Å². The number of hydrogen-bond acceptors (Lipinski definition) is 5. The zero-order valence-corrected chi connectivity index (χ0v) is 23.3. The van der Waals surface area contributed by atoms with Crippen molar-refractivity contribution in [1.82, 2.24) is 14.7 Å². The Balaban J connectivity index is 1.08. The third-order valence-corrected chi connectivity index (χ3v) is 10.3. The minimum Gasteiger partial charge on any atom is -0.382 e. The van der Waals surface area contributed by atoms with E-state index >= 15 is 0 Å². The number of nitrogens with zero attached hydrogens (tertiary/aromatic N) is 4. The molecular weight excluding hydrogens is 458 g/mol. The van der Waals surface area contributed by atoms with E-state index in [9.17, 15) is 10.1 Å². The molecule has 4 aliphatic rings. The Morgan fingerprint density at radius 1 is 1.16 bits per heavy atom.